The molecule has 0 spiro atoms. The zero-order valence-electron chi connectivity index (χ0n) is 8.91. The van der Waals surface area contributed by atoms with Crippen LogP contribution in [0.25, 0.3) is 0 Å². The number of rotatable bonds is 1. The van der Waals surface area contributed by atoms with Gasteiger partial charge in [0.15, 0.2) is 0 Å². The molecule has 1 fully saturated rings. The summed E-state index contributed by atoms with van der Waals surface area (Å²) in [4.78, 5) is 0. The predicted octanol–water partition coefficient (Wildman–Crippen LogP) is 3.08. The van der Waals surface area contributed by atoms with E-state index >= 15 is 0 Å². The minimum absolute atomic E-state index is 0.558. The highest BCUT2D eigenvalue weighted by atomic mass is 28.3. The fourth-order valence-electron chi connectivity index (χ4n) is 2.51. The molecule has 0 radical (unpaired) electrons. The highest BCUT2D eigenvalue weighted by molar-refractivity contribution is 6.73. The molecule has 0 aromatic heterocycles. The summed E-state index contributed by atoms with van der Waals surface area (Å²) in [6.45, 7) is 0. The standard InChI is InChI=1S/C13H20Si/c1-2-7-11-14(12-8-3-1)13-9-5-4-6-10-13/h4-6,9-10,14H,1-3,7-8,11-12H2. The Hall–Kier alpha value is -0.563. The third-order valence-corrected chi connectivity index (χ3v) is 6.91. The van der Waals surface area contributed by atoms with E-state index < -0.39 is 8.80 Å². The van der Waals surface area contributed by atoms with E-state index in [1.807, 2.05) is 0 Å². The molecule has 1 aromatic carbocycles. The molecule has 1 aliphatic rings. The molecular formula is C13H20Si. The molecular weight excluding hydrogens is 184 g/mol. The Labute approximate surface area is 89.0 Å². The molecule has 0 saturated carbocycles. The van der Waals surface area contributed by atoms with Crippen LogP contribution in [0.4, 0.5) is 0 Å². The zero-order chi connectivity index (χ0) is 9.64. The third-order valence-electron chi connectivity index (χ3n) is 3.38. The number of benzene rings is 1. The molecule has 0 atom stereocenters. The van der Waals surface area contributed by atoms with E-state index in [1.54, 1.807) is 17.3 Å². The van der Waals surface area contributed by atoms with Gasteiger partial charge in [-0.1, -0.05) is 79.7 Å². The Balaban J connectivity index is 2.01. The van der Waals surface area contributed by atoms with Crippen molar-refractivity contribution in [2.45, 2.75) is 44.2 Å². The summed E-state index contributed by atoms with van der Waals surface area (Å²) in [5, 5.41) is 1.70. The van der Waals surface area contributed by atoms with Crippen molar-refractivity contribution in [2.75, 3.05) is 0 Å². The van der Waals surface area contributed by atoms with Gasteiger partial charge < -0.3 is 0 Å². The van der Waals surface area contributed by atoms with Gasteiger partial charge in [-0.25, -0.2) is 0 Å². The molecule has 1 aromatic rings. The van der Waals surface area contributed by atoms with Crippen LogP contribution in [-0.2, 0) is 0 Å². The van der Waals surface area contributed by atoms with Crippen LogP contribution in [-0.4, -0.2) is 8.80 Å². The lowest BCUT2D eigenvalue weighted by Crippen LogP contribution is -2.29. The Morgan fingerprint density at radius 1 is 0.714 bits per heavy atom. The summed E-state index contributed by atoms with van der Waals surface area (Å²) in [7, 11) is -0.558. The van der Waals surface area contributed by atoms with Crippen LogP contribution in [0.1, 0.15) is 32.1 Å². The topological polar surface area (TPSA) is 0 Å². The van der Waals surface area contributed by atoms with E-state index in [-0.39, 0.29) is 0 Å². The van der Waals surface area contributed by atoms with Crippen LogP contribution >= 0.6 is 0 Å². The van der Waals surface area contributed by atoms with Gasteiger partial charge in [-0.15, -0.1) is 0 Å². The monoisotopic (exact) mass is 204 g/mol. The Morgan fingerprint density at radius 2 is 1.29 bits per heavy atom. The van der Waals surface area contributed by atoms with E-state index in [2.05, 4.69) is 30.3 Å². The first-order valence-electron chi connectivity index (χ1n) is 6.02. The van der Waals surface area contributed by atoms with Gasteiger partial charge in [-0.3, -0.25) is 0 Å². The molecule has 0 amide bonds. The predicted molar refractivity (Wildman–Crippen MR) is 65.9 cm³/mol. The third kappa shape index (κ3) is 2.71. The van der Waals surface area contributed by atoms with Gasteiger partial charge in [-0.2, -0.15) is 0 Å². The first-order valence-corrected chi connectivity index (χ1v) is 8.23. The second kappa shape index (κ2) is 5.35. The fourth-order valence-corrected chi connectivity index (χ4v) is 5.80. The molecule has 1 aliphatic heterocycles. The van der Waals surface area contributed by atoms with Crippen LogP contribution in [0.3, 0.4) is 0 Å². The van der Waals surface area contributed by atoms with Crippen molar-refractivity contribution in [1.29, 1.82) is 0 Å². The van der Waals surface area contributed by atoms with Gasteiger partial charge in [0, 0.05) is 0 Å². The van der Waals surface area contributed by atoms with Gasteiger partial charge in [0.1, 0.15) is 0 Å². The van der Waals surface area contributed by atoms with Crippen molar-refractivity contribution in [3.63, 3.8) is 0 Å². The van der Waals surface area contributed by atoms with Crippen LogP contribution in [0, 0.1) is 0 Å². The van der Waals surface area contributed by atoms with E-state index in [4.69, 9.17) is 0 Å². The molecule has 0 N–H and O–H groups in total. The van der Waals surface area contributed by atoms with Crippen molar-refractivity contribution in [3.05, 3.63) is 30.3 Å². The molecule has 1 saturated heterocycles. The van der Waals surface area contributed by atoms with Crippen molar-refractivity contribution >= 4 is 14.0 Å². The molecule has 14 heavy (non-hydrogen) atoms. The lowest BCUT2D eigenvalue weighted by Gasteiger charge is -2.18. The maximum absolute atomic E-state index is 2.36. The van der Waals surface area contributed by atoms with Gasteiger partial charge in [0.25, 0.3) is 0 Å². The largest absolute Gasteiger partial charge is 0.0708 e. The van der Waals surface area contributed by atoms with Crippen molar-refractivity contribution in [2.24, 2.45) is 0 Å². The number of hydrogen-bond donors (Lipinski definition) is 0. The summed E-state index contributed by atoms with van der Waals surface area (Å²) in [6, 6.07) is 14.4. The first-order chi connectivity index (χ1) is 6.97. The molecule has 1 heterocycles. The summed E-state index contributed by atoms with van der Waals surface area (Å²) in [5.41, 5.74) is 0. The van der Waals surface area contributed by atoms with E-state index in [1.165, 1.54) is 32.1 Å². The Morgan fingerprint density at radius 3 is 1.93 bits per heavy atom. The molecule has 0 bridgehead atoms. The van der Waals surface area contributed by atoms with Crippen LogP contribution < -0.4 is 5.19 Å². The van der Waals surface area contributed by atoms with E-state index in [9.17, 15) is 0 Å². The Bertz CT molecular complexity index is 247. The van der Waals surface area contributed by atoms with Gasteiger partial charge in [0.2, 0.25) is 0 Å². The maximum atomic E-state index is 2.36. The van der Waals surface area contributed by atoms with Crippen LogP contribution in [0.2, 0.25) is 12.1 Å². The lowest BCUT2D eigenvalue weighted by molar-refractivity contribution is 0.637. The van der Waals surface area contributed by atoms with Crippen molar-refractivity contribution in [3.8, 4) is 0 Å². The average molecular weight is 204 g/mol. The SMILES string of the molecule is c1ccc([SiH]2CCCCCCC2)cc1. The smallest absolute Gasteiger partial charge is 0.0633 e. The highest BCUT2D eigenvalue weighted by Gasteiger charge is 2.14. The first kappa shape index (κ1) is 9.97. The zero-order valence-corrected chi connectivity index (χ0v) is 10.1. The minimum Gasteiger partial charge on any atom is -0.0633 e. The van der Waals surface area contributed by atoms with Gasteiger partial charge >= 0.3 is 0 Å². The molecule has 0 unspecified atom stereocenters. The van der Waals surface area contributed by atoms with E-state index in [0.717, 1.165) is 0 Å². The second-order valence-corrected chi connectivity index (χ2v) is 7.67. The quantitative estimate of drug-likeness (QED) is 0.617. The highest BCUT2D eigenvalue weighted by Crippen LogP contribution is 2.17. The summed E-state index contributed by atoms with van der Waals surface area (Å²) in [6.07, 6.45) is 7.43. The summed E-state index contributed by atoms with van der Waals surface area (Å²) < 4.78 is 0. The molecule has 1 heteroatoms. The summed E-state index contributed by atoms with van der Waals surface area (Å²) in [5.74, 6) is 0. The number of hydrogen-bond acceptors (Lipinski definition) is 0. The normalized spacial score (nSPS) is 20.0. The second-order valence-electron chi connectivity index (χ2n) is 4.45. The lowest BCUT2D eigenvalue weighted by atomic mass is 10.2. The van der Waals surface area contributed by atoms with Crippen LogP contribution in [0.5, 0.6) is 0 Å². The fraction of sp³-hybridized carbons (Fsp3) is 0.538. The summed E-state index contributed by atoms with van der Waals surface area (Å²) >= 11 is 0. The molecule has 2 rings (SSSR count). The van der Waals surface area contributed by atoms with Gasteiger partial charge in [0.05, 0.1) is 8.80 Å². The van der Waals surface area contributed by atoms with Crippen LogP contribution in [0.15, 0.2) is 30.3 Å². The average Bonchev–Trinajstić information content (AvgIpc) is 2.18. The van der Waals surface area contributed by atoms with Gasteiger partial charge in [-0.05, 0) is 0 Å². The minimum atomic E-state index is -0.558. The molecule has 0 aliphatic carbocycles. The molecule has 0 nitrogen and oxygen atoms in total. The molecule has 76 valence electrons. The maximum Gasteiger partial charge on any atom is 0.0708 e. The van der Waals surface area contributed by atoms with E-state index in [0.29, 0.717) is 0 Å². The van der Waals surface area contributed by atoms with Crippen molar-refractivity contribution in [1.82, 2.24) is 0 Å². The Kier molecular flexibility index (Phi) is 3.81. The van der Waals surface area contributed by atoms with Crippen molar-refractivity contribution < 1.29 is 0 Å².